The van der Waals surface area contributed by atoms with Gasteiger partial charge in [0.1, 0.15) is 4.21 Å². The van der Waals surface area contributed by atoms with Crippen molar-refractivity contribution in [1.82, 2.24) is 9.62 Å². The number of halogens is 1. The van der Waals surface area contributed by atoms with Crippen molar-refractivity contribution in [3.63, 3.8) is 0 Å². The standard InChI is InChI=1S/C18H21ClN2O3S2/c1-13-7-9-21(10-8-13)26(23,24)17-6-5-16(25-17)12-20-18(22)14-3-2-4-15(19)11-14/h2-6,11,13H,7-10,12H2,1H3,(H,20,22). The molecule has 0 spiro atoms. The SMILES string of the molecule is CC1CCN(S(=O)(=O)c2ccc(CNC(=O)c3cccc(Cl)c3)s2)CC1. The fourth-order valence-corrected chi connectivity index (χ4v) is 5.95. The van der Waals surface area contributed by atoms with Crippen LogP contribution in [-0.4, -0.2) is 31.7 Å². The number of hydrogen-bond acceptors (Lipinski definition) is 4. The van der Waals surface area contributed by atoms with Gasteiger partial charge in [-0.1, -0.05) is 24.6 Å². The first-order valence-corrected chi connectivity index (χ1v) is 11.1. The summed E-state index contributed by atoms with van der Waals surface area (Å²) in [5.74, 6) is 0.331. The molecule has 0 saturated carbocycles. The van der Waals surface area contributed by atoms with Gasteiger partial charge in [0, 0.05) is 28.6 Å². The Labute approximate surface area is 163 Å². The maximum atomic E-state index is 12.7. The van der Waals surface area contributed by atoms with Crippen molar-refractivity contribution in [2.75, 3.05) is 13.1 Å². The van der Waals surface area contributed by atoms with Crippen molar-refractivity contribution in [3.8, 4) is 0 Å². The van der Waals surface area contributed by atoms with Gasteiger partial charge in [-0.3, -0.25) is 4.79 Å². The number of hydrogen-bond donors (Lipinski definition) is 1. The highest BCUT2D eigenvalue weighted by Gasteiger charge is 2.29. The average Bonchev–Trinajstić information content (AvgIpc) is 3.10. The van der Waals surface area contributed by atoms with Crippen LogP contribution in [0.25, 0.3) is 0 Å². The van der Waals surface area contributed by atoms with Crippen molar-refractivity contribution in [2.45, 2.75) is 30.5 Å². The normalized spacial score (nSPS) is 16.5. The lowest BCUT2D eigenvalue weighted by molar-refractivity contribution is 0.0951. The molecule has 1 aromatic heterocycles. The third-order valence-corrected chi connectivity index (χ3v) is 8.17. The van der Waals surface area contributed by atoms with Crippen LogP contribution in [0.4, 0.5) is 0 Å². The maximum absolute atomic E-state index is 12.7. The van der Waals surface area contributed by atoms with E-state index in [0.717, 1.165) is 17.7 Å². The topological polar surface area (TPSA) is 66.5 Å². The number of nitrogens with one attached hydrogen (secondary N) is 1. The molecule has 1 amide bonds. The van der Waals surface area contributed by atoms with E-state index < -0.39 is 10.0 Å². The second-order valence-corrected chi connectivity index (χ2v) is 10.3. The third-order valence-electron chi connectivity index (χ3n) is 4.48. The number of piperidine rings is 1. The lowest BCUT2D eigenvalue weighted by Gasteiger charge is -2.28. The predicted molar refractivity (Wildman–Crippen MR) is 104 cm³/mol. The Balaban J connectivity index is 1.63. The van der Waals surface area contributed by atoms with Gasteiger partial charge in [-0.05, 0) is 49.1 Å². The smallest absolute Gasteiger partial charge is 0.252 e. The van der Waals surface area contributed by atoms with Crippen LogP contribution in [0.1, 0.15) is 35.0 Å². The van der Waals surface area contributed by atoms with Crippen LogP contribution in [-0.2, 0) is 16.6 Å². The maximum Gasteiger partial charge on any atom is 0.252 e. The highest BCUT2D eigenvalue weighted by molar-refractivity contribution is 7.91. The van der Waals surface area contributed by atoms with Gasteiger partial charge in [0.2, 0.25) is 0 Å². The number of benzene rings is 1. The summed E-state index contributed by atoms with van der Waals surface area (Å²) in [6.07, 6.45) is 1.79. The van der Waals surface area contributed by atoms with E-state index in [9.17, 15) is 13.2 Å². The van der Waals surface area contributed by atoms with Gasteiger partial charge in [-0.2, -0.15) is 4.31 Å². The van der Waals surface area contributed by atoms with Gasteiger partial charge in [0.25, 0.3) is 15.9 Å². The van der Waals surface area contributed by atoms with Gasteiger partial charge in [-0.25, -0.2) is 8.42 Å². The van der Waals surface area contributed by atoms with Crippen LogP contribution < -0.4 is 5.32 Å². The number of sulfonamides is 1. The predicted octanol–water partition coefficient (Wildman–Crippen LogP) is 3.75. The summed E-state index contributed by atoms with van der Waals surface area (Å²) in [4.78, 5) is 13.0. The van der Waals surface area contributed by atoms with Gasteiger partial charge in [0.05, 0.1) is 6.54 Å². The molecule has 1 aromatic carbocycles. The van der Waals surface area contributed by atoms with Crippen molar-refractivity contribution >= 4 is 38.9 Å². The molecular weight excluding hydrogens is 392 g/mol. The zero-order chi connectivity index (χ0) is 18.7. The zero-order valence-electron chi connectivity index (χ0n) is 14.4. The summed E-state index contributed by atoms with van der Waals surface area (Å²) < 4.78 is 27.4. The minimum Gasteiger partial charge on any atom is -0.347 e. The molecular formula is C18H21ClN2O3S2. The van der Waals surface area contributed by atoms with Gasteiger partial charge in [-0.15, -0.1) is 11.3 Å². The highest BCUT2D eigenvalue weighted by Crippen LogP contribution is 2.28. The van der Waals surface area contributed by atoms with Crippen molar-refractivity contribution < 1.29 is 13.2 Å². The number of carbonyl (C=O) groups excluding carboxylic acids is 1. The van der Waals surface area contributed by atoms with Crippen LogP contribution in [0.15, 0.2) is 40.6 Å². The minimum absolute atomic E-state index is 0.240. The monoisotopic (exact) mass is 412 g/mol. The van der Waals surface area contributed by atoms with Crippen LogP contribution in [0, 0.1) is 5.92 Å². The number of amides is 1. The summed E-state index contributed by atoms with van der Waals surface area (Å²) in [6.45, 7) is 3.57. The van der Waals surface area contributed by atoms with E-state index in [2.05, 4.69) is 12.2 Å². The van der Waals surface area contributed by atoms with Crippen molar-refractivity contribution in [3.05, 3.63) is 51.9 Å². The van der Waals surface area contributed by atoms with E-state index in [-0.39, 0.29) is 12.5 Å². The van der Waals surface area contributed by atoms with Gasteiger partial charge >= 0.3 is 0 Å². The molecule has 0 bridgehead atoms. The molecule has 1 saturated heterocycles. The second kappa shape index (κ2) is 8.08. The lowest BCUT2D eigenvalue weighted by Crippen LogP contribution is -2.37. The van der Waals surface area contributed by atoms with E-state index in [1.54, 1.807) is 40.7 Å². The molecule has 1 aliphatic rings. The van der Waals surface area contributed by atoms with E-state index >= 15 is 0 Å². The summed E-state index contributed by atoms with van der Waals surface area (Å²) in [7, 11) is -3.44. The Morgan fingerprint density at radius 1 is 1.27 bits per heavy atom. The molecule has 8 heteroatoms. The highest BCUT2D eigenvalue weighted by atomic mass is 35.5. The number of nitrogens with zero attached hydrogens (tertiary/aromatic N) is 1. The molecule has 0 radical (unpaired) electrons. The molecule has 140 valence electrons. The largest absolute Gasteiger partial charge is 0.347 e. The summed E-state index contributed by atoms with van der Waals surface area (Å²) >= 11 is 7.10. The molecule has 5 nitrogen and oxygen atoms in total. The van der Waals surface area contributed by atoms with Crippen LogP contribution in [0.5, 0.6) is 0 Å². The van der Waals surface area contributed by atoms with Crippen LogP contribution >= 0.6 is 22.9 Å². The second-order valence-electron chi connectivity index (χ2n) is 6.50. The number of rotatable bonds is 5. The summed E-state index contributed by atoms with van der Waals surface area (Å²) in [6, 6.07) is 10.1. The molecule has 0 atom stereocenters. The first kappa shape index (κ1) is 19.4. The third kappa shape index (κ3) is 4.46. The van der Waals surface area contributed by atoms with Crippen molar-refractivity contribution in [1.29, 1.82) is 0 Å². The fraction of sp³-hybridized carbons (Fsp3) is 0.389. The molecule has 0 aliphatic carbocycles. The Hall–Kier alpha value is -1.41. The fourth-order valence-electron chi connectivity index (χ4n) is 2.84. The number of thiophene rings is 1. The van der Waals surface area contributed by atoms with E-state index in [0.29, 0.717) is 33.8 Å². The molecule has 1 fully saturated rings. The van der Waals surface area contributed by atoms with Crippen molar-refractivity contribution in [2.24, 2.45) is 5.92 Å². The summed E-state index contributed by atoms with van der Waals surface area (Å²) in [5.41, 5.74) is 0.476. The molecule has 2 heterocycles. The quantitative estimate of drug-likeness (QED) is 0.813. The van der Waals surface area contributed by atoms with E-state index in [1.807, 2.05) is 0 Å². The van der Waals surface area contributed by atoms with E-state index in [4.69, 9.17) is 11.6 Å². The Kier molecular flexibility index (Phi) is 6.02. The number of carbonyl (C=O) groups is 1. The zero-order valence-corrected chi connectivity index (χ0v) is 16.8. The summed E-state index contributed by atoms with van der Waals surface area (Å²) in [5, 5.41) is 3.30. The molecule has 26 heavy (non-hydrogen) atoms. The first-order chi connectivity index (χ1) is 12.4. The Morgan fingerprint density at radius 3 is 2.69 bits per heavy atom. The van der Waals surface area contributed by atoms with Crippen LogP contribution in [0.3, 0.4) is 0 Å². The minimum atomic E-state index is -3.44. The van der Waals surface area contributed by atoms with Gasteiger partial charge < -0.3 is 5.32 Å². The Morgan fingerprint density at radius 2 is 2.00 bits per heavy atom. The average molecular weight is 413 g/mol. The molecule has 0 unspecified atom stereocenters. The van der Waals surface area contributed by atoms with Crippen LogP contribution in [0.2, 0.25) is 5.02 Å². The molecule has 1 aliphatic heterocycles. The molecule has 3 rings (SSSR count). The molecule has 2 aromatic rings. The first-order valence-electron chi connectivity index (χ1n) is 8.49. The van der Waals surface area contributed by atoms with Gasteiger partial charge in [0.15, 0.2) is 0 Å². The van der Waals surface area contributed by atoms with E-state index in [1.165, 1.54) is 11.3 Å². The lowest BCUT2D eigenvalue weighted by atomic mass is 10.0. The molecule has 1 N–H and O–H groups in total. The Bertz CT molecular complexity index is 887.